The zero-order valence-corrected chi connectivity index (χ0v) is 12.1. The minimum Gasteiger partial charge on any atom is -0.353 e. The Hall–Kier alpha value is -1.20. The molecule has 1 aliphatic rings. The summed E-state index contributed by atoms with van der Waals surface area (Å²) < 4.78 is 0. The summed E-state index contributed by atoms with van der Waals surface area (Å²) in [6.07, 6.45) is 6.34. The van der Waals surface area contributed by atoms with Gasteiger partial charge >= 0.3 is 0 Å². The molecule has 0 radical (unpaired) electrons. The molecule has 19 heavy (non-hydrogen) atoms. The average Bonchev–Trinajstić information content (AvgIpc) is 3.17. The maximum absolute atomic E-state index is 5.66. The van der Waals surface area contributed by atoms with Crippen LogP contribution >= 0.6 is 11.3 Å². The molecule has 0 bridgehead atoms. The Bertz CT molecular complexity index is 562. The molecule has 2 N–H and O–H groups in total. The molecule has 0 spiro atoms. The minimum absolute atomic E-state index is 0.662. The van der Waals surface area contributed by atoms with Gasteiger partial charge < -0.3 is 10.6 Å². The van der Waals surface area contributed by atoms with E-state index < -0.39 is 0 Å². The van der Waals surface area contributed by atoms with Crippen LogP contribution in [0.1, 0.15) is 31.1 Å². The van der Waals surface area contributed by atoms with Crippen LogP contribution in [-0.2, 0) is 6.42 Å². The number of thiophene rings is 1. The number of anilines is 1. The lowest BCUT2D eigenvalue weighted by atomic mass is 10.2. The molecule has 0 aliphatic heterocycles. The van der Waals surface area contributed by atoms with Gasteiger partial charge in [-0.25, -0.2) is 9.97 Å². The number of rotatable bonds is 6. The molecule has 2 aromatic rings. The fraction of sp³-hybridized carbons (Fsp3) is 0.571. The Morgan fingerprint density at radius 3 is 2.95 bits per heavy atom. The maximum Gasteiger partial charge on any atom is 0.141 e. The summed E-state index contributed by atoms with van der Waals surface area (Å²) in [7, 11) is 0. The van der Waals surface area contributed by atoms with Crippen molar-refractivity contribution in [3.63, 3.8) is 0 Å². The highest BCUT2D eigenvalue weighted by Gasteiger charge is 2.30. The Morgan fingerprint density at radius 1 is 1.42 bits per heavy atom. The van der Waals surface area contributed by atoms with Crippen LogP contribution in [0.4, 0.5) is 5.82 Å². The van der Waals surface area contributed by atoms with Gasteiger partial charge in [-0.15, -0.1) is 11.3 Å². The van der Waals surface area contributed by atoms with Crippen molar-refractivity contribution >= 4 is 27.4 Å². The largest absolute Gasteiger partial charge is 0.353 e. The lowest BCUT2D eigenvalue weighted by Crippen LogP contribution is -2.29. The van der Waals surface area contributed by atoms with Crippen molar-refractivity contribution in [1.29, 1.82) is 0 Å². The minimum atomic E-state index is 0.662. The van der Waals surface area contributed by atoms with Gasteiger partial charge in [-0.1, -0.05) is 6.92 Å². The van der Waals surface area contributed by atoms with Crippen molar-refractivity contribution in [2.45, 2.75) is 38.6 Å². The van der Waals surface area contributed by atoms with E-state index in [1.807, 2.05) is 0 Å². The van der Waals surface area contributed by atoms with Crippen LogP contribution in [0.5, 0.6) is 0 Å². The fourth-order valence-corrected chi connectivity index (χ4v) is 3.33. The second-order valence-electron chi connectivity index (χ2n) is 5.05. The second kappa shape index (κ2) is 5.43. The van der Waals surface area contributed by atoms with Crippen LogP contribution in [0.15, 0.2) is 12.4 Å². The van der Waals surface area contributed by atoms with Crippen molar-refractivity contribution in [2.75, 3.05) is 18.0 Å². The van der Waals surface area contributed by atoms with Gasteiger partial charge in [0.05, 0.1) is 5.39 Å². The highest BCUT2D eigenvalue weighted by atomic mass is 32.1. The summed E-state index contributed by atoms with van der Waals surface area (Å²) in [6, 6.07) is 2.92. The third-order valence-corrected chi connectivity index (χ3v) is 4.76. The highest BCUT2D eigenvalue weighted by molar-refractivity contribution is 7.18. The van der Waals surface area contributed by atoms with E-state index >= 15 is 0 Å². The van der Waals surface area contributed by atoms with Gasteiger partial charge in [-0.2, -0.15) is 0 Å². The van der Waals surface area contributed by atoms with Crippen LogP contribution < -0.4 is 10.6 Å². The Labute approximate surface area is 117 Å². The first-order valence-corrected chi connectivity index (χ1v) is 7.85. The molecular weight excluding hydrogens is 256 g/mol. The van der Waals surface area contributed by atoms with Crippen LogP contribution in [0.3, 0.4) is 0 Å². The molecule has 0 saturated heterocycles. The van der Waals surface area contributed by atoms with Crippen LogP contribution in [-0.4, -0.2) is 29.1 Å². The Kier molecular flexibility index (Phi) is 3.66. The van der Waals surface area contributed by atoms with Gasteiger partial charge in [0, 0.05) is 17.5 Å². The lowest BCUT2D eigenvalue weighted by molar-refractivity contribution is 0.725. The van der Waals surface area contributed by atoms with E-state index in [0.29, 0.717) is 6.04 Å². The molecule has 2 heterocycles. The molecule has 2 aromatic heterocycles. The average molecular weight is 276 g/mol. The van der Waals surface area contributed by atoms with Crippen molar-refractivity contribution < 1.29 is 0 Å². The molecule has 4 nitrogen and oxygen atoms in total. The maximum atomic E-state index is 5.66. The number of hydrogen-bond acceptors (Lipinski definition) is 5. The quantitative estimate of drug-likeness (QED) is 0.881. The summed E-state index contributed by atoms with van der Waals surface area (Å²) in [6.45, 7) is 3.93. The highest BCUT2D eigenvalue weighted by Crippen LogP contribution is 2.36. The molecule has 3 rings (SSSR count). The molecule has 0 amide bonds. The smallest absolute Gasteiger partial charge is 0.141 e. The van der Waals surface area contributed by atoms with Gasteiger partial charge in [0.1, 0.15) is 17.0 Å². The monoisotopic (exact) mass is 276 g/mol. The summed E-state index contributed by atoms with van der Waals surface area (Å²) >= 11 is 1.78. The predicted octanol–water partition coefficient (Wildman–Crippen LogP) is 2.57. The van der Waals surface area contributed by atoms with Gasteiger partial charge in [0.25, 0.3) is 0 Å². The van der Waals surface area contributed by atoms with Crippen LogP contribution in [0.2, 0.25) is 0 Å². The van der Waals surface area contributed by atoms with E-state index in [9.17, 15) is 0 Å². The van der Waals surface area contributed by atoms with Gasteiger partial charge in [-0.3, -0.25) is 0 Å². The normalized spacial score (nSPS) is 15.1. The molecule has 102 valence electrons. The Balaban J connectivity index is 1.98. The van der Waals surface area contributed by atoms with E-state index in [4.69, 9.17) is 5.73 Å². The van der Waals surface area contributed by atoms with E-state index in [-0.39, 0.29) is 0 Å². The van der Waals surface area contributed by atoms with Gasteiger partial charge in [0.15, 0.2) is 0 Å². The zero-order chi connectivity index (χ0) is 13.2. The van der Waals surface area contributed by atoms with Gasteiger partial charge in [-0.05, 0) is 38.3 Å². The summed E-state index contributed by atoms with van der Waals surface area (Å²) in [4.78, 5) is 13.9. The van der Waals surface area contributed by atoms with Crippen LogP contribution in [0, 0.1) is 0 Å². The molecule has 5 heteroatoms. The van der Waals surface area contributed by atoms with Crippen molar-refractivity contribution in [2.24, 2.45) is 5.73 Å². The summed E-state index contributed by atoms with van der Waals surface area (Å²) in [5, 5.41) is 1.22. The first kappa shape index (κ1) is 12.8. The SMILES string of the molecule is CCc1cc2c(N(CCCN)C3CC3)ncnc2s1. The van der Waals surface area contributed by atoms with Crippen molar-refractivity contribution in [3.05, 3.63) is 17.3 Å². The number of aromatic nitrogens is 2. The van der Waals surface area contributed by atoms with E-state index in [0.717, 1.165) is 36.6 Å². The van der Waals surface area contributed by atoms with Crippen molar-refractivity contribution in [3.8, 4) is 0 Å². The molecule has 0 aromatic carbocycles. The molecule has 1 saturated carbocycles. The second-order valence-corrected chi connectivity index (χ2v) is 6.16. The predicted molar refractivity (Wildman–Crippen MR) is 80.8 cm³/mol. The number of nitrogens with two attached hydrogens (primary N) is 1. The van der Waals surface area contributed by atoms with Crippen molar-refractivity contribution in [1.82, 2.24) is 9.97 Å². The lowest BCUT2D eigenvalue weighted by Gasteiger charge is -2.23. The van der Waals surface area contributed by atoms with E-state index in [1.54, 1.807) is 17.7 Å². The molecule has 1 aliphatic carbocycles. The molecule has 1 fully saturated rings. The standard InChI is InChI=1S/C14H20N4S/c1-2-11-8-12-13(16-9-17-14(12)19-11)18(7-3-6-15)10-4-5-10/h8-10H,2-7,15H2,1H3. The number of aryl methyl sites for hydroxylation is 1. The third-order valence-electron chi connectivity index (χ3n) is 3.57. The first-order chi connectivity index (χ1) is 9.33. The first-order valence-electron chi connectivity index (χ1n) is 7.03. The number of nitrogens with zero attached hydrogens (tertiary/aromatic N) is 3. The summed E-state index contributed by atoms with van der Waals surface area (Å²) in [5.41, 5.74) is 5.66. The third kappa shape index (κ3) is 2.58. The topological polar surface area (TPSA) is 55.0 Å². The number of fused-ring (bicyclic) bond motifs is 1. The molecular formula is C14H20N4S. The van der Waals surface area contributed by atoms with E-state index in [2.05, 4.69) is 27.9 Å². The Morgan fingerprint density at radius 2 is 2.26 bits per heavy atom. The molecule has 0 unspecified atom stereocenters. The van der Waals surface area contributed by atoms with Crippen LogP contribution in [0.25, 0.3) is 10.2 Å². The zero-order valence-electron chi connectivity index (χ0n) is 11.3. The van der Waals surface area contributed by atoms with Gasteiger partial charge in [0.2, 0.25) is 0 Å². The fourth-order valence-electron chi connectivity index (χ4n) is 2.41. The summed E-state index contributed by atoms with van der Waals surface area (Å²) in [5.74, 6) is 1.11. The van der Waals surface area contributed by atoms with E-state index in [1.165, 1.54) is 23.1 Å². The molecule has 0 atom stereocenters. The number of hydrogen-bond donors (Lipinski definition) is 1.